The van der Waals surface area contributed by atoms with Gasteiger partial charge in [0, 0.05) is 31.2 Å². The number of rotatable bonds is 0. The Morgan fingerprint density at radius 1 is 1.36 bits per heavy atom. The highest BCUT2D eigenvalue weighted by Gasteiger charge is 2.33. The number of halogens is 3. The van der Waals surface area contributed by atoms with Crippen LogP contribution in [0.3, 0.4) is 0 Å². The molecule has 8 heteroatoms. The molecule has 120 valence electrons. The molecule has 22 heavy (non-hydrogen) atoms. The summed E-state index contributed by atoms with van der Waals surface area (Å²) in [5.74, 6) is 0.344. The number of carbonyl (C=O) groups excluding carboxylic acids is 2. The molecule has 0 aromatic heterocycles. The van der Waals surface area contributed by atoms with Gasteiger partial charge in [-0.3, -0.25) is 9.59 Å². The van der Waals surface area contributed by atoms with Crippen molar-refractivity contribution >= 4 is 12.2 Å². The Labute approximate surface area is 124 Å². The number of phenols is 1. The van der Waals surface area contributed by atoms with Crippen molar-refractivity contribution in [2.75, 3.05) is 19.6 Å². The zero-order chi connectivity index (χ0) is 16.3. The molecule has 0 spiro atoms. The second-order valence-corrected chi connectivity index (χ2v) is 5.06. The minimum absolute atomic E-state index is 0.104. The zero-order valence-corrected chi connectivity index (χ0v) is 11.6. The molecule has 0 radical (unpaired) electrons. The van der Waals surface area contributed by atoms with Crippen LogP contribution in [0.1, 0.15) is 15.9 Å². The number of phenolic OH excluding ortho intramolecular Hbond substituents is 1. The molecule has 0 unspecified atom stereocenters. The molecule has 3 rings (SSSR count). The smallest absolute Gasteiger partial charge is 0.446 e. The third-order valence-electron chi connectivity index (χ3n) is 3.52. The average Bonchev–Trinajstić information content (AvgIpc) is 2.47. The Bertz CT molecular complexity index is 575. The number of alkyl halides is 3. The van der Waals surface area contributed by atoms with Gasteiger partial charge in [0.25, 0.3) is 5.91 Å². The minimum Gasteiger partial charge on any atom is -0.508 e. The Hall–Kier alpha value is -2.09. The van der Waals surface area contributed by atoms with E-state index in [1.165, 1.54) is 0 Å². The van der Waals surface area contributed by atoms with Gasteiger partial charge in [-0.2, -0.15) is 13.2 Å². The first-order valence-electron chi connectivity index (χ1n) is 6.68. The molecule has 2 N–H and O–H groups in total. The summed E-state index contributed by atoms with van der Waals surface area (Å²) >= 11 is 0. The Morgan fingerprint density at radius 2 is 2.05 bits per heavy atom. The van der Waals surface area contributed by atoms with E-state index in [4.69, 9.17) is 4.79 Å². The van der Waals surface area contributed by atoms with Crippen molar-refractivity contribution in [3.05, 3.63) is 29.3 Å². The van der Waals surface area contributed by atoms with Gasteiger partial charge >= 0.3 is 6.18 Å². The van der Waals surface area contributed by atoms with E-state index in [1.54, 1.807) is 18.2 Å². The number of hydrogen-bond acceptors (Lipinski definition) is 4. The van der Waals surface area contributed by atoms with Gasteiger partial charge in [0.15, 0.2) is 0 Å². The van der Waals surface area contributed by atoms with E-state index in [-0.39, 0.29) is 17.7 Å². The summed E-state index contributed by atoms with van der Waals surface area (Å²) < 4.78 is 31.2. The maximum Gasteiger partial charge on any atom is 0.446 e. The van der Waals surface area contributed by atoms with E-state index in [9.17, 15) is 23.1 Å². The van der Waals surface area contributed by atoms with E-state index in [0.717, 1.165) is 37.2 Å². The number of benzene rings is 1. The molecule has 1 fully saturated rings. The van der Waals surface area contributed by atoms with Crippen LogP contribution >= 0.6 is 0 Å². The third kappa shape index (κ3) is 3.76. The maximum absolute atomic E-state index is 12.2. The highest BCUT2D eigenvalue weighted by molar-refractivity contribution is 5.97. The number of nitrogens with zero attached hydrogens (tertiary/aromatic N) is 1. The Balaban J connectivity index is 0.000000254. The molecule has 1 aromatic rings. The maximum atomic E-state index is 12.2. The highest BCUT2D eigenvalue weighted by atomic mass is 19.4. The second-order valence-electron chi connectivity index (χ2n) is 5.06. The zero-order valence-electron chi connectivity index (χ0n) is 11.6. The molecule has 5 nitrogen and oxygen atoms in total. The Kier molecular flexibility index (Phi) is 4.70. The summed E-state index contributed by atoms with van der Waals surface area (Å²) in [6.45, 7) is 2.50. The van der Waals surface area contributed by atoms with E-state index >= 15 is 0 Å². The summed E-state index contributed by atoms with van der Waals surface area (Å²) in [5, 5.41) is 12.7. The molecule has 1 amide bonds. The number of piperazine rings is 1. The fourth-order valence-corrected chi connectivity index (χ4v) is 2.58. The summed E-state index contributed by atoms with van der Waals surface area (Å²) in [6.07, 6.45) is -4.87. The summed E-state index contributed by atoms with van der Waals surface area (Å²) in [7, 11) is 0. The lowest BCUT2D eigenvalue weighted by molar-refractivity contribution is -0.156. The fraction of sp³-hybridized carbons (Fsp3) is 0.429. The van der Waals surface area contributed by atoms with Gasteiger partial charge in [-0.05, 0) is 30.2 Å². The Morgan fingerprint density at radius 3 is 2.68 bits per heavy atom. The third-order valence-corrected chi connectivity index (χ3v) is 3.52. The van der Waals surface area contributed by atoms with Gasteiger partial charge in [-0.1, -0.05) is 0 Å². The molecule has 2 heterocycles. The lowest BCUT2D eigenvalue weighted by Crippen LogP contribution is -2.56. The SMILES string of the molecule is O=C1c2ccc(O)cc2C[C@@H]2CNCCN12.O=CC(F)(F)F. The first-order chi connectivity index (χ1) is 10.3. The van der Waals surface area contributed by atoms with Gasteiger partial charge in [-0.15, -0.1) is 0 Å². The van der Waals surface area contributed by atoms with Crippen molar-refractivity contribution in [3.8, 4) is 5.75 Å². The fourth-order valence-electron chi connectivity index (χ4n) is 2.58. The van der Waals surface area contributed by atoms with Crippen LogP contribution in [0.5, 0.6) is 5.75 Å². The number of fused-ring (bicyclic) bond motifs is 2. The number of amides is 1. The highest BCUT2D eigenvalue weighted by Crippen LogP contribution is 2.26. The number of nitrogens with one attached hydrogen (secondary N) is 1. The predicted octanol–water partition coefficient (Wildman–Crippen LogP) is 1.11. The van der Waals surface area contributed by atoms with E-state index < -0.39 is 12.5 Å². The van der Waals surface area contributed by atoms with Crippen molar-refractivity contribution < 1.29 is 27.9 Å². The van der Waals surface area contributed by atoms with Crippen molar-refractivity contribution in [1.29, 1.82) is 0 Å². The molecular formula is C14H15F3N2O3. The molecule has 1 atom stereocenters. The number of carbonyl (C=O) groups is 2. The minimum atomic E-state index is -4.64. The van der Waals surface area contributed by atoms with Crippen molar-refractivity contribution in [2.45, 2.75) is 18.6 Å². The molecule has 2 aliphatic rings. The van der Waals surface area contributed by atoms with Gasteiger partial charge < -0.3 is 15.3 Å². The van der Waals surface area contributed by atoms with E-state index in [2.05, 4.69) is 5.32 Å². The van der Waals surface area contributed by atoms with Crippen LogP contribution in [0.25, 0.3) is 0 Å². The molecule has 1 aromatic carbocycles. The van der Waals surface area contributed by atoms with Gasteiger partial charge in [0.2, 0.25) is 6.29 Å². The summed E-state index contributed by atoms with van der Waals surface area (Å²) in [4.78, 5) is 22.8. The van der Waals surface area contributed by atoms with Crippen molar-refractivity contribution in [2.24, 2.45) is 0 Å². The number of hydrogen-bond donors (Lipinski definition) is 2. The summed E-state index contributed by atoms with van der Waals surface area (Å²) in [5.41, 5.74) is 1.71. The lowest BCUT2D eigenvalue weighted by Gasteiger charge is -2.40. The largest absolute Gasteiger partial charge is 0.508 e. The molecule has 2 aliphatic heterocycles. The van der Waals surface area contributed by atoms with E-state index in [0.29, 0.717) is 0 Å². The average molecular weight is 316 g/mol. The predicted molar refractivity (Wildman–Crippen MR) is 71.6 cm³/mol. The first kappa shape index (κ1) is 16.3. The molecular weight excluding hydrogens is 301 g/mol. The standard InChI is InChI=1S/C12H14N2O2.C2HF3O/c15-10-1-2-11-8(6-10)5-9-7-13-3-4-14(9)12(11)16;3-2(4,5)1-6/h1-2,6,9,13,15H,3-5,7H2;1H/t9-;/m1./s1. The van der Waals surface area contributed by atoms with Gasteiger partial charge in [-0.25, -0.2) is 0 Å². The summed E-state index contributed by atoms with van der Waals surface area (Å²) in [6, 6.07) is 5.26. The van der Waals surface area contributed by atoms with Crippen LogP contribution in [0.4, 0.5) is 13.2 Å². The number of aldehydes is 1. The van der Waals surface area contributed by atoms with Crippen molar-refractivity contribution in [1.82, 2.24) is 10.2 Å². The number of aromatic hydroxyl groups is 1. The van der Waals surface area contributed by atoms with Crippen LogP contribution in [0.2, 0.25) is 0 Å². The molecule has 0 saturated carbocycles. The van der Waals surface area contributed by atoms with Crippen LogP contribution in [0.15, 0.2) is 18.2 Å². The molecule has 0 bridgehead atoms. The van der Waals surface area contributed by atoms with Crippen LogP contribution in [-0.4, -0.2) is 54.1 Å². The normalized spacial score (nSPS) is 20.4. The van der Waals surface area contributed by atoms with Gasteiger partial charge in [0.05, 0.1) is 0 Å². The molecule has 0 aliphatic carbocycles. The topological polar surface area (TPSA) is 69.6 Å². The van der Waals surface area contributed by atoms with E-state index in [1.807, 2.05) is 4.90 Å². The van der Waals surface area contributed by atoms with Gasteiger partial charge in [0.1, 0.15) is 5.75 Å². The van der Waals surface area contributed by atoms with Crippen LogP contribution in [-0.2, 0) is 11.2 Å². The first-order valence-corrected chi connectivity index (χ1v) is 6.68. The van der Waals surface area contributed by atoms with Crippen molar-refractivity contribution in [3.63, 3.8) is 0 Å². The quantitative estimate of drug-likeness (QED) is 0.704. The second kappa shape index (κ2) is 6.35. The lowest BCUT2D eigenvalue weighted by atomic mass is 9.92. The monoisotopic (exact) mass is 316 g/mol. The van der Waals surface area contributed by atoms with Crippen LogP contribution in [0, 0.1) is 0 Å². The molecule has 1 saturated heterocycles. The van der Waals surface area contributed by atoms with Crippen LogP contribution < -0.4 is 5.32 Å².